The fourth-order valence-electron chi connectivity index (χ4n) is 2.63. The molecule has 6 heteroatoms. The summed E-state index contributed by atoms with van der Waals surface area (Å²) in [6.07, 6.45) is 2.23. The molecule has 1 aromatic heterocycles. The number of nitrogens with one attached hydrogen (secondary N) is 2. The van der Waals surface area contributed by atoms with Crippen molar-refractivity contribution in [3.8, 4) is 11.5 Å². The Morgan fingerprint density at radius 3 is 2.88 bits per heavy atom. The summed E-state index contributed by atoms with van der Waals surface area (Å²) >= 11 is 0. The number of para-hydroxylation sites is 1. The Morgan fingerprint density at radius 2 is 2.08 bits per heavy atom. The van der Waals surface area contributed by atoms with Gasteiger partial charge in [-0.15, -0.1) is 0 Å². The molecule has 0 saturated carbocycles. The van der Waals surface area contributed by atoms with Crippen molar-refractivity contribution in [3.63, 3.8) is 0 Å². The van der Waals surface area contributed by atoms with E-state index in [1.54, 1.807) is 26.6 Å². The minimum atomic E-state index is -0.144. The van der Waals surface area contributed by atoms with Gasteiger partial charge in [-0.25, -0.2) is 4.98 Å². The van der Waals surface area contributed by atoms with E-state index >= 15 is 0 Å². The standard InChI is InChI=1S/C18H19N3O3/c1-23-13-6-7-16(24-2)12(10-13)8-9-19-18(22)14-4-3-5-15-17(14)21-11-20-15/h3-7,10-11H,8-9H2,1-2H3,(H,19,22)(H,20,21). The molecule has 0 saturated heterocycles. The zero-order valence-electron chi connectivity index (χ0n) is 13.6. The smallest absolute Gasteiger partial charge is 0.253 e. The minimum Gasteiger partial charge on any atom is -0.497 e. The van der Waals surface area contributed by atoms with Gasteiger partial charge in [-0.1, -0.05) is 6.07 Å². The quantitative estimate of drug-likeness (QED) is 0.730. The van der Waals surface area contributed by atoms with Crippen molar-refractivity contribution in [2.45, 2.75) is 6.42 Å². The van der Waals surface area contributed by atoms with E-state index in [0.717, 1.165) is 22.6 Å². The number of fused-ring (bicyclic) bond motifs is 1. The van der Waals surface area contributed by atoms with E-state index in [4.69, 9.17) is 9.47 Å². The lowest BCUT2D eigenvalue weighted by Crippen LogP contribution is -2.26. The molecule has 0 spiro atoms. The minimum absolute atomic E-state index is 0.144. The van der Waals surface area contributed by atoms with E-state index in [1.807, 2.05) is 30.3 Å². The number of carbonyl (C=O) groups is 1. The van der Waals surface area contributed by atoms with Crippen LogP contribution in [-0.4, -0.2) is 36.6 Å². The topological polar surface area (TPSA) is 76.2 Å². The summed E-state index contributed by atoms with van der Waals surface area (Å²) < 4.78 is 10.6. The molecule has 0 unspecified atom stereocenters. The number of carbonyl (C=O) groups excluding carboxylic acids is 1. The van der Waals surface area contributed by atoms with E-state index in [0.29, 0.717) is 24.0 Å². The molecule has 124 valence electrons. The molecule has 3 aromatic rings. The second-order valence-corrected chi connectivity index (χ2v) is 5.29. The second-order valence-electron chi connectivity index (χ2n) is 5.29. The third-order valence-electron chi connectivity index (χ3n) is 3.86. The summed E-state index contributed by atoms with van der Waals surface area (Å²) in [6, 6.07) is 11.1. The highest BCUT2D eigenvalue weighted by Gasteiger charge is 2.12. The van der Waals surface area contributed by atoms with Crippen LogP contribution in [0.5, 0.6) is 11.5 Å². The highest BCUT2D eigenvalue weighted by atomic mass is 16.5. The Bertz CT molecular complexity index is 858. The number of hydrogen-bond acceptors (Lipinski definition) is 4. The summed E-state index contributed by atoms with van der Waals surface area (Å²) in [5.74, 6) is 1.40. The van der Waals surface area contributed by atoms with Crippen LogP contribution in [0.2, 0.25) is 0 Å². The number of methoxy groups -OCH3 is 2. The van der Waals surface area contributed by atoms with Gasteiger partial charge < -0.3 is 19.8 Å². The fourth-order valence-corrected chi connectivity index (χ4v) is 2.63. The summed E-state index contributed by atoms with van der Waals surface area (Å²) in [5, 5.41) is 2.93. The molecular formula is C18H19N3O3. The molecule has 0 aliphatic heterocycles. The van der Waals surface area contributed by atoms with Crippen molar-refractivity contribution in [2.75, 3.05) is 20.8 Å². The Morgan fingerprint density at radius 1 is 1.21 bits per heavy atom. The highest BCUT2D eigenvalue weighted by molar-refractivity contribution is 6.04. The second kappa shape index (κ2) is 7.04. The third-order valence-corrected chi connectivity index (χ3v) is 3.86. The van der Waals surface area contributed by atoms with Gasteiger partial charge in [-0.3, -0.25) is 4.79 Å². The molecule has 6 nitrogen and oxygen atoms in total. The van der Waals surface area contributed by atoms with Gasteiger partial charge in [-0.05, 0) is 42.3 Å². The van der Waals surface area contributed by atoms with Crippen molar-refractivity contribution in [1.82, 2.24) is 15.3 Å². The third kappa shape index (κ3) is 3.17. The van der Waals surface area contributed by atoms with Gasteiger partial charge in [-0.2, -0.15) is 0 Å². The van der Waals surface area contributed by atoms with Crippen LogP contribution in [0.25, 0.3) is 11.0 Å². The predicted molar refractivity (Wildman–Crippen MR) is 91.7 cm³/mol. The maximum atomic E-state index is 12.4. The van der Waals surface area contributed by atoms with Crippen LogP contribution >= 0.6 is 0 Å². The summed E-state index contributed by atoms with van der Waals surface area (Å²) in [7, 11) is 3.25. The van der Waals surface area contributed by atoms with Gasteiger partial charge in [0.15, 0.2) is 0 Å². The van der Waals surface area contributed by atoms with E-state index in [-0.39, 0.29) is 5.91 Å². The first-order valence-electron chi connectivity index (χ1n) is 7.64. The van der Waals surface area contributed by atoms with Gasteiger partial charge in [0.2, 0.25) is 0 Å². The average Bonchev–Trinajstić information content (AvgIpc) is 3.10. The van der Waals surface area contributed by atoms with Crippen LogP contribution in [-0.2, 0) is 6.42 Å². The Kier molecular flexibility index (Phi) is 4.65. The molecule has 0 aliphatic rings. The average molecular weight is 325 g/mol. The van der Waals surface area contributed by atoms with Crippen molar-refractivity contribution in [3.05, 3.63) is 53.9 Å². The zero-order chi connectivity index (χ0) is 16.9. The first-order chi connectivity index (χ1) is 11.7. The number of benzene rings is 2. The molecule has 1 amide bonds. The maximum absolute atomic E-state index is 12.4. The zero-order valence-corrected chi connectivity index (χ0v) is 13.6. The Labute approximate surface area is 139 Å². The van der Waals surface area contributed by atoms with Crippen LogP contribution in [0, 0.1) is 0 Å². The van der Waals surface area contributed by atoms with Crippen molar-refractivity contribution >= 4 is 16.9 Å². The van der Waals surface area contributed by atoms with Gasteiger partial charge in [0, 0.05) is 6.54 Å². The fraction of sp³-hybridized carbons (Fsp3) is 0.222. The molecule has 0 fully saturated rings. The lowest BCUT2D eigenvalue weighted by molar-refractivity contribution is 0.0955. The number of amides is 1. The van der Waals surface area contributed by atoms with Crippen LogP contribution in [0.4, 0.5) is 0 Å². The first-order valence-corrected chi connectivity index (χ1v) is 7.64. The van der Waals surface area contributed by atoms with Gasteiger partial charge in [0.05, 0.1) is 31.6 Å². The van der Waals surface area contributed by atoms with E-state index in [2.05, 4.69) is 15.3 Å². The molecule has 2 aromatic carbocycles. The lowest BCUT2D eigenvalue weighted by Gasteiger charge is -2.11. The number of ether oxygens (including phenoxy) is 2. The van der Waals surface area contributed by atoms with Crippen molar-refractivity contribution in [2.24, 2.45) is 0 Å². The lowest BCUT2D eigenvalue weighted by atomic mass is 10.1. The molecular weight excluding hydrogens is 306 g/mol. The SMILES string of the molecule is COc1ccc(OC)c(CCNC(=O)c2cccc3[nH]cnc23)c1. The predicted octanol–water partition coefficient (Wildman–Crippen LogP) is 2.55. The number of aromatic amines is 1. The van der Waals surface area contributed by atoms with Gasteiger partial charge in [0.1, 0.15) is 17.0 Å². The summed E-state index contributed by atoms with van der Waals surface area (Å²) in [6.45, 7) is 0.489. The van der Waals surface area contributed by atoms with E-state index in [9.17, 15) is 4.79 Å². The molecule has 2 N–H and O–H groups in total. The molecule has 0 bridgehead atoms. The maximum Gasteiger partial charge on any atom is 0.253 e. The normalized spacial score (nSPS) is 10.6. The Balaban J connectivity index is 1.68. The number of hydrogen-bond donors (Lipinski definition) is 2. The number of nitrogens with zero attached hydrogens (tertiary/aromatic N) is 1. The van der Waals surface area contributed by atoms with Crippen LogP contribution in [0.1, 0.15) is 15.9 Å². The highest BCUT2D eigenvalue weighted by Crippen LogP contribution is 2.24. The summed E-state index contributed by atoms with van der Waals surface area (Å²) in [4.78, 5) is 19.6. The van der Waals surface area contributed by atoms with Crippen LogP contribution in [0.3, 0.4) is 0 Å². The first kappa shape index (κ1) is 15.9. The molecule has 0 aliphatic carbocycles. The number of imidazole rings is 1. The summed E-state index contributed by atoms with van der Waals surface area (Å²) in [5.41, 5.74) is 3.06. The van der Waals surface area contributed by atoms with Gasteiger partial charge >= 0.3 is 0 Å². The van der Waals surface area contributed by atoms with Crippen molar-refractivity contribution in [1.29, 1.82) is 0 Å². The monoisotopic (exact) mass is 325 g/mol. The largest absolute Gasteiger partial charge is 0.497 e. The van der Waals surface area contributed by atoms with E-state index in [1.165, 1.54) is 0 Å². The Hall–Kier alpha value is -3.02. The van der Waals surface area contributed by atoms with E-state index < -0.39 is 0 Å². The number of aromatic nitrogens is 2. The molecule has 0 atom stereocenters. The van der Waals surface area contributed by atoms with Crippen molar-refractivity contribution < 1.29 is 14.3 Å². The molecule has 3 rings (SSSR count). The van der Waals surface area contributed by atoms with Gasteiger partial charge in [0.25, 0.3) is 5.91 Å². The number of rotatable bonds is 6. The van der Waals surface area contributed by atoms with Crippen LogP contribution < -0.4 is 14.8 Å². The molecule has 1 heterocycles. The molecule has 0 radical (unpaired) electrons. The number of H-pyrrole nitrogens is 1. The molecule has 24 heavy (non-hydrogen) atoms. The van der Waals surface area contributed by atoms with Crippen LogP contribution in [0.15, 0.2) is 42.7 Å².